The summed E-state index contributed by atoms with van der Waals surface area (Å²) in [7, 11) is 0. The van der Waals surface area contributed by atoms with Gasteiger partial charge in [-0.2, -0.15) is 0 Å². The predicted molar refractivity (Wildman–Crippen MR) is 39.1 cm³/mol. The molecule has 0 radical (unpaired) electrons. The Labute approximate surface area is 67.8 Å². The molecule has 0 bridgehead atoms. The van der Waals surface area contributed by atoms with E-state index in [-0.39, 0.29) is 12.4 Å². The van der Waals surface area contributed by atoms with Crippen LogP contribution in [0.15, 0.2) is 15.3 Å². The van der Waals surface area contributed by atoms with Gasteiger partial charge in [-0.3, -0.25) is 4.79 Å². The molecule has 12 heavy (non-hydrogen) atoms. The molecule has 0 aromatic carbocycles. The van der Waals surface area contributed by atoms with Gasteiger partial charge in [-0.1, -0.05) is 0 Å². The summed E-state index contributed by atoms with van der Waals surface area (Å²) in [5.41, 5.74) is 0.195. The van der Waals surface area contributed by atoms with Gasteiger partial charge in [0.2, 0.25) is 0 Å². The van der Waals surface area contributed by atoms with E-state index in [2.05, 4.69) is 0 Å². The first-order chi connectivity index (χ1) is 5.66. The molecule has 0 saturated carbocycles. The molecule has 0 spiro atoms. The maximum absolute atomic E-state index is 10.8. The van der Waals surface area contributed by atoms with Crippen LogP contribution in [0.4, 0.5) is 0 Å². The van der Waals surface area contributed by atoms with Crippen LogP contribution in [0.2, 0.25) is 0 Å². The number of ether oxygens (including phenoxy) is 1. The van der Waals surface area contributed by atoms with Crippen molar-refractivity contribution in [1.82, 2.24) is 0 Å². The highest BCUT2D eigenvalue weighted by atomic mass is 16.5. The average Bonchev–Trinajstić information content (AvgIpc) is 2.29. The van der Waals surface area contributed by atoms with Crippen LogP contribution in [0.25, 0.3) is 0 Å². The van der Waals surface area contributed by atoms with Crippen LogP contribution in [-0.4, -0.2) is 5.97 Å². The third kappa shape index (κ3) is 0.922. The molecule has 2 heterocycles. The van der Waals surface area contributed by atoms with Gasteiger partial charge in [-0.15, -0.1) is 0 Å². The minimum Gasteiger partial charge on any atom is -0.428 e. The van der Waals surface area contributed by atoms with Crippen LogP contribution in [0.3, 0.4) is 0 Å². The molecule has 1 aromatic heterocycles. The molecule has 4 heteroatoms. The minimum absolute atomic E-state index is 0.199. The van der Waals surface area contributed by atoms with E-state index < -0.39 is 5.63 Å². The number of aryl methyl sites for hydroxylation is 1. The Morgan fingerprint density at radius 2 is 2.17 bits per heavy atom. The molecule has 0 atom stereocenters. The first-order valence-electron chi connectivity index (χ1n) is 3.51. The molecule has 62 valence electrons. The Balaban J connectivity index is 2.67. The standard InChI is InChI=1S/C8H6O4/c1-4-5-2-7(9)12-6(5)3-8(10)11-4/h3H,2H2,1H3. The van der Waals surface area contributed by atoms with Gasteiger partial charge >= 0.3 is 11.6 Å². The lowest BCUT2D eigenvalue weighted by atomic mass is 10.2. The van der Waals surface area contributed by atoms with Crippen molar-refractivity contribution >= 4 is 5.97 Å². The number of carbonyl (C=O) groups excluding carboxylic acids is 1. The number of fused-ring (bicyclic) bond motifs is 1. The van der Waals surface area contributed by atoms with E-state index in [9.17, 15) is 9.59 Å². The smallest absolute Gasteiger partial charge is 0.339 e. The van der Waals surface area contributed by atoms with Crippen LogP contribution >= 0.6 is 0 Å². The molecule has 0 aliphatic carbocycles. The average molecular weight is 166 g/mol. The molecule has 0 saturated heterocycles. The second-order valence-corrected chi connectivity index (χ2v) is 2.62. The molecule has 0 unspecified atom stereocenters. The third-order valence-corrected chi connectivity index (χ3v) is 1.77. The fourth-order valence-corrected chi connectivity index (χ4v) is 1.22. The topological polar surface area (TPSA) is 56.5 Å². The van der Waals surface area contributed by atoms with Gasteiger partial charge in [0.15, 0.2) is 0 Å². The zero-order valence-electron chi connectivity index (χ0n) is 6.42. The third-order valence-electron chi connectivity index (χ3n) is 1.77. The van der Waals surface area contributed by atoms with Gasteiger partial charge in [-0.25, -0.2) is 4.79 Å². The van der Waals surface area contributed by atoms with Gasteiger partial charge in [-0.05, 0) is 6.92 Å². The van der Waals surface area contributed by atoms with Gasteiger partial charge in [0.05, 0.1) is 12.5 Å². The van der Waals surface area contributed by atoms with E-state index in [1.807, 2.05) is 0 Å². The summed E-state index contributed by atoms with van der Waals surface area (Å²) in [6, 6.07) is 1.19. The van der Waals surface area contributed by atoms with Crippen molar-refractivity contribution in [3.8, 4) is 5.75 Å². The second-order valence-electron chi connectivity index (χ2n) is 2.62. The van der Waals surface area contributed by atoms with Gasteiger partial charge in [0, 0.05) is 5.56 Å². The first kappa shape index (κ1) is 7.09. The number of carbonyl (C=O) groups is 1. The molecule has 1 aromatic rings. The minimum atomic E-state index is -0.485. The van der Waals surface area contributed by atoms with Crippen molar-refractivity contribution in [3.63, 3.8) is 0 Å². The van der Waals surface area contributed by atoms with Gasteiger partial charge in [0.25, 0.3) is 0 Å². The zero-order chi connectivity index (χ0) is 8.72. The molecule has 1 aliphatic heterocycles. The molecule has 0 amide bonds. The molecule has 4 nitrogen and oxygen atoms in total. The van der Waals surface area contributed by atoms with Crippen molar-refractivity contribution in [1.29, 1.82) is 0 Å². The number of hydrogen-bond donors (Lipinski definition) is 0. The fourth-order valence-electron chi connectivity index (χ4n) is 1.22. The lowest BCUT2D eigenvalue weighted by Gasteiger charge is -1.96. The predicted octanol–water partition coefficient (Wildman–Crippen LogP) is 0.410. The Morgan fingerprint density at radius 3 is 2.92 bits per heavy atom. The lowest BCUT2D eigenvalue weighted by molar-refractivity contribution is -0.131. The maximum atomic E-state index is 10.8. The summed E-state index contributed by atoms with van der Waals surface area (Å²) in [6.45, 7) is 1.64. The van der Waals surface area contributed by atoms with Crippen LogP contribution in [-0.2, 0) is 11.2 Å². The Kier molecular flexibility index (Phi) is 1.30. The lowest BCUT2D eigenvalue weighted by Crippen LogP contribution is -2.00. The van der Waals surface area contributed by atoms with Crippen LogP contribution in [0, 0.1) is 6.92 Å². The largest absolute Gasteiger partial charge is 0.428 e. The SMILES string of the molecule is Cc1oc(=O)cc2c1CC(=O)O2. The Hall–Kier alpha value is -1.58. The molecule has 1 aliphatic rings. The van der Waals surface area contributed by atoms with E-state index in [1.165, 1.54) is 6.07 Å². The van der Waals surface area contributed by atoms with Crippen LogP contribution < -0.4 is 10.4 Å². The highest BCUT2D eigenvalue weighted by Crippen LogP contribution is 2.26. The van der Waals surface area contributed by atoms with E-state index in [4.69, 9.17) is 9.15 Å². The number of esters is 1. The van der Waals surface area contributed by atoms with E-state index in [0.29, 0.717) is 17.1 Å². The summed E-state index contributed by atoms with van der Waals surface area (Å²) in [5.74, 6) is 0.464. The number of hydrogen-bond acceptors (Lipinski definition) is 4. The summed E-state index contributed by atoms with van der Waals surface area (Å²) in [6.07, 6.45) is 0.199. The van der Waals surface area contributed by atoms with Crippen molar-refractivity contribution < 1.29 is 13.9 Å². The molecule has 0 fully saturated rings. The van der Waals surface area contributed by atoms with Crippen molar-refractivity contribution in [2.24, 2.45) is 0 Å². The quantitative estimate of drug-likeness (QED) is 0.524. The van der Waals surface area contributed by atoms with E-state index in [0.717, 1.165) is 0 Å². The van der Waals surface area contributed by atoms with Crippen molar-refractivity contribution in [2.45, 2.75) is 13.3 Å². The number of rotatable bonds is 0. The second kappa shape index (κ2) is 2.20. The first-order valence-corrected chi connectivity index (χ1v) is 3.51. The summed E-state index contributed by atoms with van der Waals surface area (Å²) in [5, 5.41) is 0. The normalized spacial score (nSPS) is 14.2. The molecule has 2 rings (SSSR count). The fraction of sp³-hybridized carbons (Fsp3) is 0.250. The highest BCUT2D eigenvalue weighted by Gasteiger charge is 2.23. The summed E-state index contributed by atoms with van der Waals surface area (Å²) in [4.78, 5) is 21.6. The van der Waals surface area contributed by atoms with E-state index in [1.54, 1.807) is 6.92 Å². The van der Waals surface area contributed by atoms with Crippen molar-refractivity contribution in [3.05, 3.63) is 27.8 Å². The monoisotopic (exact) mass is 166 g/mol. The van der Waals surface area contributed by atoms with Gasteiger partial charge < -0.3 is 9.15 Å². The maximum Gasteiger partial charge on any atom is 0.339 e. The Bertz CT molecular complexity index is 402. The Morgan fingerprint density at radius 1 is 1.42 bits per heavy atom. The molecule has 0 N–H and O–H groups in total. The van der Waals surface area contributed by atoms with Crippen molar-refractivity contribution in [2.75, 3.05) is 0 Å². The van der Waals surface area contributed by atoms with Crippen LogP contribution in [0.5, 0.6) is 5.75 Å². The van der Waals surface area contributed by atoms with Gasteiger partial charge in [0.1, 0.15) is 11.5 Å². The zero-order valence-corrected chi connectivity index (χ0v) is 6.42. The summed E-state index contributed by atoms with van der Waals surface area (Å²) >= 11 is 0. The molecular weight excluding hydrogens is 160 g/mol. The highest BCUT2D eigenvalue weighted by molar-refractivity contribution is 5.81. The molecular formula is C8H6O4. The van der Waals surface area contributed by atoms with E-state index >= 15 is 0 Å². The summed E-state index contributed by atoms with van der Waals surface area (Å²) < 4.78 is 9.55. The van der Waals surface area contributed by atoms with Crippen LogP contribution in [0.1, 0.15) is 11.3 Å².